The van der Waals surface area contributed by atoms with E-state index >= 15 is 0 Å². The molecule has 16 heavy (non-hydrogen) atoms. The topological polar surface area (TPSA) is 81.4 Å². The molecular formula is C10H12N2O3S. The van der Waals surface area contributed by atoms with Crippen molar-refractivity contribution in [2.24, 2.45) is 5.73 Å². The first-order valence-corrected chi connectivity index (χ1v) is 5.21. The van der Waals surface area contributed by atoms with Crippen LogP contribution in [0.2, 0.25) is 0 Å². The molecule has 3 N–H and O–H groups in total. The highest BCUT2D eigenvalue weighted by molar-refractivity contribution is 7.80. The maximum absolute atomic E-state index is 11.2. The molecule has 0 bridgehead atoms. The van der Waals surface area contributed by atoms with Gasteiger partial charge in [-0.15, -0.1) is 0 Å². The van der Waals surface area contributed by atoms with Gasteiger partial charge in [0.15, 0.2) is 0 Å². The average molecular weight is 240 g/mol. The molecule has 1 rings (SSSR count). The molecule has 0 saturated carbocycles. The molecule has 0 heterocycles. The molecule has 0 unspecified atom stereocenters. The van der Waals surface area contributed by atoms with Gasteiger partial charge >= 0.3 is 12.1 Å². The second-order valence-electron chi connectivity index (χ2n) is 2.99. The van der Waals surface area contributed by atoms with Crippen molar-refractivity contribution in [1.82, 2.24) is 0 Å². The Kier molecular flexibility index (Phi) is 4.81. The van der Waals surface area contributed by atoms with E-state index in [0.29, 0.717) is 5.69 Å². The van der Waals surface area contributed by atoms with Gasteiger partial charge in [0, 0.05) is 11.4 Å². The van der Waals surface area contributed by atoms with Crippen LogP contribution in [-0.4, -0.2) is 23.9 Å². The van der Waals surface area contributed by atoms with E-state index in [1.807, 2.05) is 0 Å². The normalized spacial score (nSPS) is 11.6. The predicted octanol–water partition coefficient (Wildman–Crippen LogP) is 1.02. The molecule has 0 spiro atoms. The van der Waals surface area contributed by atoms with Crippen LogP contribution >= 0.6 is 12.6 Å². The van der Waals surface area contributed by atoms with Gasteiger partial charge < -0.3 is 10.5 Å². The molecule has 0 fully saturated rings. The van der Waals surface area contributed by atoms with Crippen LogP contribution < -0.4 is 11.1 Å². The highest BCUT2D eigenvalue weighted by Crippen LogP contribution is 2.05. The molecule has 1 aromatic carbocycles. The Bertz CT molecular complexity index is 370. The number of hydrogen-bond acceptors (Lipinski definition) is 5. The number of esters is 1. The van der Waals surface area contributed by atoms with Crippen molar-refractivity contribution >= 4 is 30.4 Å². The van der Waals surface area contributed by atoms with Crippen LogP contribution in [0.25, 0.3) is 0 Å². The molecule has 0 aliphatic heterocycles. The van der Waals surface area contributed by atoms with Gasteiger partial charge in [-0.25, -0.2) is 9.59 Å². The zero-order chi connectivity index (χ0) is 12.0. The first-order chi connectivity index (χ1) is 7.63. The van der Waals surface area contributed by atoms with Crippen LogP contribution in [0.4, 0.5) is 10.5 Å². The predicted molar refractivity (Wildman–Crippen MR) is 63.4 cm³/mol. The quantitative estimate of drug-likeness (QED) is 0.418. The number of carbonyl (C=O) groups is 2. The Labute approximate surface area is 98.4 Å². The lowest BCUT2D eigenvalue weighted by Gasteiger charge is -2.08. The summed E-state index contributed by atoms with van der Waals surface area (Å²) in [4.78, 5) is 22.3. The van der Waals surface area contributed by atoms with Crippen LogP contribution in [0.1, 0.15) is 0 Å². The highest BCUT2D eigenvalue weighted by Gasteiger charge is 2.17. The number of rotatable bonds is 3. The minimum Gasteiger partial charge on any atom is -0.375 e. The lowest BCUT2D eigenvalue weighted by atomic mass is 10.3. The maximum atomic E-state index is 11.2. The average Bonchev–Trinajstić information content (AvgIpc) is 2.29. The van der Waals surface area contributed by atoms with Crippen molar-refractivity contribution in [2.45, 2.75) is 6.04 Å². The summed E-state index contributed by atoms with van der Waals surface area (Å²) in [7, 11) is 0. The van der Waals surface area contributed by atoms with Gasteiger partial charge in [0.2, 0.25) is 0 Å². The first-order valence-electron chi connectivity index (χ1n) is 4.57. The van der Waals surface area contributed by atoms with Crippen molar-refractivity contribution in [3.05, 3.63) is 30.3 Å². The van der Waals surface area contributed by atoms with Crippen LogP contribution in [0.3, 0.4) is 0 Å². The van der Waals surface area contributed by atoms with Gasteiger partial charge in [-0.3, -0.25) is 5.32 Å². The largest absolute Gasteiger partial charge is 0.419 e. The van der Waals surface area contributed by atoms with Gasteiger partial charge in [-0.2, -0.15) is 12.6 Å². The summed E-state index contributed by atoms with van der Waals surface area (Å²) >= 11 is 3.82. The minimum absolute atomic E-state index is 0.122. The zero-order valence-corrected chi connectivity index (χ0v) is 9.31. The molecule has 1 atom stereocenters. The number of hydrogen-bond donors (Lipinski definition) is 3. The second kappa shape index (κ2) is 6.14. The number of nitrogens with one attached hydrogen (secondary N) is 1. The van der Waals surface area contributed by atoms with Crippen LogP contribution in [0.15, 0.2) is 30.3 Å². The van der Waals surface area contributed by atoms with Gasteiger partial charge in [0.1, 0.15) is 6.04 Å². The van der Waals surface area contributed by atoms with Crippen molar-refractivity contribution in [2.75, 3.05) is 11.1 Å². The van der Waals surface area contributed by atoms with Crippen LogP contribution in [0.5, 0.6) is 0 Å². The Morgan fingerprint density at radius 1 is 1.38 bits per heavy atom. The summed E-state index contributed by atoms with van der Waals surface area (Å²) in [5.74, 6) is -0.680. The van der Waals surface area contributed by atoms with Gasteiger partial charge in [-0.1, -0.05) is 18.2 Å². The molecule has 1 aromatic rings. The molecule has 0 aliphatic rings. The summed E-state index contributed by atoms with van der Waals surface area (Å²) in [5, 5.41) is 2.39. The molecule has 0 radical (unpaired) electrons. The molecule has 6 heteroatoms. The number of benzene rings is 1. The van der Waals surface area contributed by atoms with E-state index in [2.05, 4.69) is 22.7 Å². The van der Waals surface area contributed by atoms with E-state index in [1.165, 1.54) is 0 Å². The zero-order valence-electron chi connectivity index (χ0n) is 8.42. The SMILES string of the molecule is N[C@@H](CS)C(=O)OC(=O)Nc1ccccc1. The number of thiol groups is 1. The number of carbonyl (C=O) groups excluding carboxylic acids is 2. The van der Waals surface area contributed by atoms with Crippen molar-refractivity contribution < 1.29 is 14.3 Å². The van der Waals surface area contributed by atoms with E-state index in [0.717, 1.165) is 0 Å². The summed E-state index contributed by atoms with van der Waals surface area (Å²) in [6.45, 7) is 0. The smallest absolute Gasteiger partial charge is 0.375 e. The Balaban J connectivity index is 2.46. The number of nitrogens with two attached hydrogens (primary N) is 1. The Hall–Kier alpha value is -1.53. The van der Waals surface area contributed by atoms with Crippen molar-refractivity contribution in [3.63, 3.8) is 0 Å². The fourth-order valence-electron chi connectivity index (χ4n) is 0.906. The highest BCUT2D eigenvalue weighted by atomic mass is 32.1. The maximum Gasteiger partial charge on any atom is 0.419 e. The second-order valence-corrected chi connectivity index (χ2v) is 3.35. The van der Waals surface area contributed by atoms with E-state index in [9.17, 15) is 9.59 Å². The number of anilines is 1. The van der Waals surface area contributed by atoms with Gasteiger partial charge in [-0.05, 0) is 12.1 Å². The van der Waals surface area contributed by atoms with Crippen LogP contribution in [0, 0.1) is 0 Å². The third-order valence-electron chi connectivity index (χ3n) is 1.71. The number of para-hydroxylation sites is 1. The summed E-state index contributed by atoms with van der Waals surface area (Å²) < 4.78 is 4.44. The Morgan fingerprint density at radius 2 is 2.00 bits per heavy atom. The number of amides is 1. The van der Waals surface area contributed by atoms with Crippen molar-refractivity contribution in [3.8, 4) is 0 Å². The lowest BCUT2D eigenvalue weighted by molar-refractivity contribution is -0.137. The van der Waals surface area contributed by atoms with E-state index in [4.69, 9.17) is 5.73 Å². The van der Waals surface area contributed by atoms with E-state index in [-0.39, 0.29) is 5.75 Å². The van der Waals surface area contributed by atoms with E-state index in [1.54, 1.807) is 30.3 Å². The summed E-state index contributed by atoms with van der Waals surface area (Å²) in [6.07, 6.45) is -0.853. The number of ether oxygens (including phenoxy) is 1. The third-order valence-corrected chi connectivity index (χ3v) is 2.11. The Morgan fingerprint density at radius 3 is 2.56 bits per heavy atom. The van der Waals surface area contributed by atoms with E-state index < -0.39 is 18.1 Å². The third kappa shape index (κ3) is 3.92. The monoisotopic (exact) mass is 240 g/mol. The van der Waals surface area contributed by atoms with Gasteiger partial charge in [0.05, 0.1) is 0 Å². The van der Waals surface area contributed by atoms with Gasteiger partial charge in [0.25, 0.3) is 0 Å². The molecule has 86 valence electrons. The fourth-order valence-corrected chi connectivity index (χ4v) is 1.06. The molecular weight excluding hydrogens is 228 g/mol. The standard InChI is InChI=1S/C10H12N2O3S/c11-8(6-16)9(13)15-10(14)12-7-4-2-1-3-5-7/h1-5,8,16H,6,11H2,(H,12,14)/t8-/m0/s1. The van der Waals surface area contributed by atoms with Crippen LogP contribution in [-0.2, 0) is 9.53 Å². The first kappa shape index (κ1) is 12.5. The summed E-state index contributed by atoms with van der Waals surface area (Å²) in [6, 6.07) is 7.74. The minimum atomic E-state index is -0.898. The molecule has 0 saturated heterocycles. The molecule has 0 aromatic heterocycles. The molecule has 5 nitrogen and oxygen atoms in total. The molecule has 0 aliphatic carbocycles. The molecule has 1 amide bonds. The fraction of sp³-hybridized carbons (Fsp3) is 0.200. The lowest BCUT2D eigenvalue weighted by Crippen LogP contribution is -2.36. The van der Waals surface area contributed by atoms with Crippen molar-refractivity contribution in [1.29, 1.82) is 0 Å². The summed E-state index contributed by atoms with van der Waals surface area (Å²) in [5.41, 5.74) is 5.87.